The summed E-state index contributed by atoms with van der Waals surface area (Å²) >= 11 is 0. The van der Waals surface area contributed by atoms with Gasteiger partial charge in [0, 0.05) is 11.1 Å². The summed E-state index contributed by atoms with van der Waals surface area (Å²) in [6.07, 6.45) is 20.7. The predicted molar refractivity (Wildman–Crippen MR) is 187 cm³/mol. The Labute approximate surface area is 269 Å². The second kappa shape index (κ2) is 22.9. The maximum atomic E-state index is 6.10. The van der Waals surface area contributed by atoms with E-state index in [9.17, 15) is 0 Å². The van der Waals surface area contributed by atoms with Crippen molar-refractivity contribution in [1.29, 1.82) is 0 Å². The van der Waals surface area contributed by atoms with Crippen molar-refractivity contribution in [2.75, 3.05) is 13.2 Å². The molecule has 2 nitrogen and oxygen atoms in total. The highest BCUT2D eigenvalue weighted by atomic mass is 16.5. The molecule has 0 aromatic heterocycles. The summed E-state index contributed by atoms with van der Waals surface area (Å²) in [6, 6.07) is 24.3. The van der Waals surface area contributed by atoms with Crippen LogP contribution in [0, 0.1) is 23.7 Å². The molecule has 0 aliphatic rings. The molecule has 0 N–H and O–H groups in total. The number of hydrogen-bond donors (Lipinski definition) is 0. The molecule has 3 rings (SSSR count). The van der Waals surface area contributed by atoms with Gasteiger partial charge in [0.2, 0.25) is 0 Å². The third-order valence-electron chi connectivity index (χ3n) is 7.85. The van der Waals surface area contributed by atoms with E-state index in [-0.39, 0.29) is 0 Å². The van der Waals surface area contributed by atoms with E-state index in [0.717, 1.165) is 59.8 Å². The highest BCUT2D eigenvalue weighted by molar-refractivity contribution is 5.52. The molecule has 0 aliphatic carbocycles. The van der Waals surface area contributed by atoms with E-state index < -0.39 is 0 Å². The number of unbranched alkanes of at least 4 members (excludes halogenated alkanes) is 14. The predicted octanol–water partition coefficient (Wildman–Crippen LogP) is 11.5. The highest BCUT2D eigenvalue weighted by Crippen LogP contribution is 2.19. The normalized spacial score (nSPS) is 10.4. The van der Waals surface area contributed by atoms with Crippen LogP contribution in [0.5, 0.6) is 11.5 Å². The number of rotatable bonds is 20. The fourth-order valence-electron chi connectivity index (χ4n) is 5.14. The first-order chi connectivity index (χ1) is 21.8. The first kappa shape index (κ1) is 34.9. The van der Waals surface area contributed by atoms with Crippen molar-refractivity contribution in [1.82, 2.24) is 0 Å². The Hall–Kier alpha value is -3.62. The molecule has 3 aromatic carbocycles. The van der Waals surface area contributed by atoms with Crippen LogP contribution in [0.4, 0.5) is 0 Å². The van der Waals surface area contributed by atoms with Crippen LogP contribution in [0.2, 0.25) is 0 Å². The van der Waals surface area contributed by atoms with Crippen molar-refractivity contribution < 1.29 is 9.47 Å². The van der Waals surface area contributed by atoms with Gasteiger partial charge in [-0.3, -0.25) is 0 Å². The van der Waals surface area contributed by atoms with Gasteiger partial charge in [0.05, 0.1) is 24.3 Å². The van der Waals surface area contributed by atoms with Crippen LogP contribution in [-0.4, -0.2) is 13.2 Å². The van der Waals surface area contributed by atoms with E-state index in [1.54, 1.807) is 0 Å². The average Bonchev–Trinajstić information content (AvgIpc) is 3.06. The van der Waals surface area contributed by atoms with Gasteiger partial charge in [-0.25, -0.2) is 0 Å². The van der Waals surface area contributed by atoms with E-state index in [0.29, 0.717) is 0 Å². The Kier molecular flexibility index (Phi) is 18.1. The molecule has 2 heteroatoms. The summed E-state index contributed by atoms with van der Waals surface area (Å²) < 4.78 is 12.2. The molecule has 0 fully saturated rings. The van der Waals surface area contributed by atoms with Gasteiger partial charge in [0.15, 0.2) is 0 Å². The van der Waals surface area contributed by atoms with Crippen LogP contribution in [0.25, 0.3) is 0 Å². The number of hydrogen-bond acceptors (Lipinski definition) is 2. The SMILES string of the molecule is CCCCCCCCCCOc1ccccc1C#Cc1ccc(C#Cc2ccccc2OCCCCCCCCCC)cc1. The van der Waals surface area contributed by atoms with Gasteiger partial charge >= 0.3 is 0 Å². The number of benzene rings is 3. The van der Waals surface area contributed by atoms with Crippen LogP contribution in [0.3, 0.4) is 0 Å². The first-order valence-electron chi connectivity index (χ1n) is 17.4. The fourth-order valence-corrected chi connectivity index (χ4v) is 5.14. The number of ether oxygens (including phenoxy) is 2. The van der Waals surface area contributed by atoms with Crippen LogP contribution >= 0.6 is 0 Å². The quantitative estimate of drug-likeness (QED) is 0.0962. The summed E-state index contributed by atoms with van der Waals surface area (Å²) in [6.45, 7) is 6.02. The molecule has 0 saturated carbocycles. The minimum atomic E-state index is 0.744. The molecular weight excluding hydrogens is 536 g/mol. The van der Waals surface area contributed by atoms with Crippen LogP contribution < -0.4 is 9.47 Å². The zero-order valence-corrected chi connectivity index (χ0v) is 27.5. The van der Waals surface area contributed by atoms with Gasteiger partial charge in [0.25, 0.3) is 0 Å². The Morgan fingerprint density at radius 2 is 0.727 bits per heavy atom. The lowest BCUT2D eigenvalue weighted by atomic mass is 10.1. The van der Waals surface area contributed by atoms with Gasteiger partial charge in [-0.15, -0.1) is 0 Å². The third-order valence-corrected chi connectivity index (χ3v) is 7.85. The minimum Gasteiger partial charge on any atom is -0.492 e. The summed E-state index contributed by atoms with van der Waals surface area (Å²) in [7, 11) is 0. The van der Waals surface area contributed by atoms with Crippen LogP contribution in [0.1, 0.15) is 139 Å². The molecular formula is C42H54O2. The lowest BCUT2D eigenvalue weighted by Crippen LogP contribution is -1.99. The largest absolute Gasteiger partial charge is 0.492 e. The summed E-state index contributed by atoms with van der Waals surface area (Å²) in [5, 5.41) is 0. The molecule has 0 aliphatic heterocycles. The lowest BCUT2D eigenvalue weighted by Gasteiger charge is -2.08. The first-order valence-corrected chi connectivity index (χ1v) is 17.4. The zero-order valence-electron chi connectivity index (χ0n) is 27.5. The summed E-state index contributed by atoms with van der Waals surface area (Å²) in [4.78, 5) is 0. The standard InChI is InChI=1S/C42H54O2/c1-3-5-7-9-11-13-15-21-35-43-41-25-19-17-23-39(41)33-31-37-27-29-38(30-28-37)32-34-40-24-18-20-26-42(40)44-36-22-16-14-12-10-8-6-4-2/h17-20,23-30H,3-16,21-22,35-36H2,1-2H3. The van der Waals surface area contributed by atoms with Crippen molar-refractivity contribution in [2.45, 2.75) is 117 Å². The maximum absolute atomic E-state index is 6.10. The van der Waals surface area contributed by atoms with E-state index >= 15 is 0 Å². The lowest BCUT2D eigenvalue weighted by molar-refractivity contribution is 0.303. The molecule has 44 heavy (non-hydrogen) atoms. The molecule has 234 valence electrons. The van der Waals surface area contributed by atoms with Gasteiger partial charge in [-0.05, 0) is 61.4 Å². The molecule has 0 atom stereocenters. The minimum absolute atomic E-state index is 0.744. The van der Waals surface area contributed by atoms with Gasteiger partial charge in [-0.1, -0.05) is 152 Å². The van der Waals surface area contributed by atoms with Gasteiger partial charge < -0.3 is 9.47 Å². The molecule has 0 bridgehead atoms. The van der Waals surface area contributed by atoms with Gasteiger partial charge in [-0.2, -0.15) is 0 Å². The summed E-state index contributed by atoms with van der Waals surface area (Å²) in [5.41, 5.74) is 3.78. The maximum Gasteiger partial charge on any atom is 0.134 e. The molecule has 0 saturated heterocycles. The monoisotopic (exact) mass is 590 g/mol. The molecule has 0 heterocycles. The van der Waals surface area contributed by atoms with E-state index in [1.807, 2.05) is 72.8 Å². The number of para-hydroxylation sites is 2. The van der Waals surface area contributed by atoms with E-state index in [4.69, 9.17) is 9.47 Å². The fraction of sp³-hybridized carbons (Fsp3) is 0.476. The van der Waals surface area contributed by atoms with Crippen molar-refractivity contribution in [3.8, 4) is 35.2 Å². The Morgan fingerprint density at radius 1 is 0.386 bits per heavy atom. The second-order valence-electron chi connectivity index (χ2n) is 11.7. The van der Waals surface area contributed by atoms with Gasteiger partial charge in [0.1, 0.15) is 11.5 Å². The highest BCUT2D eigenvalue weighted by Gasteiger charge is 2.02. The topological polar surface area (TPSA) is 18.5 Å². The Balaban J connectivity index is 1.45. The van der Waals surface area contributed by atoms with Crippen molar-refractivity contribution in [3.63, 3.8) is 0 Å². The third kappa shape index (κ3) is 14.7. The van der Waals surface area contributed by atoms with Crippen LogP contribution in [-0.2, 0) is 0 Å². The smallest absolute Gasteiger partial charge is 0.134 e. The average molecular weight is 591 g/mol. The second-order valence-corrected chi connectivity index (χ2v) is 11.7. The zero-order chi connectivity index (χ0) is 30.9. The molecule has 0 amide bonds. The molecule has 0 unspecified atom stereocenters. The Morgan fingerprint density at radius 3 is 1.11 bits per heavy atom. The van der Waals surface area contributed by atoms with E-state index in [1.165, 1.54) is 89.9 Å². The van der Waals surface area contributed by atoms with Crippen LogP contribution in [0.15, 0.2) is 72.8 Å². The van der Waals surface area contributed by atoms with Crippen molar-refractivity contribution in [3.05, 3.63) is 95.1 Å². The van der Waals surface area contributed by atoms with Crippen molar-refractivity contribution in [2.24, 2.45) is 0 Å². The molecule has 0 radical (unpaired) electrons. The molecule has 3 aromatic rings. The van der Waals surface area contributed by atoms with Crippen molar-refractivity contribution >= 4 is 0 Å². The summed E-state index contributed by atoms with van der Waals surface area (Å²) in [5.74, 6) is 15.0. The molecule has 0 spiro atoms. The van der Waals surface area contributed by atoms with E-state index in [2.05, 4.69) is 37.5 Å². The Bertz CT molecular complexity index is 1200.